The minimum absolute atomic E-state index is 0.0659. The Bertz CT molecular complexity index is 2120. The van der Waals surface area contributed by atoms with Crippen LogP contribution in [0.2, 0.25) is 0 Å². The van der Waals surface area contributed by atoms with E-state index in [1.165, 1.54) is 31.4 Å². The molecule has 252 valence electrons. The number of hydrogen-bond acceptors (Lipinski definition) is 12. The molecule has 0 atom stereocenters. The van der Waals surface area contributed by atoms with Gasteiger partial charge in [-0.1, -0.05) is 60.7 Å². The average molecular weight is 687 g/mol. The maximum Gasteiger partial charge on any atom is 0.330 e. The lowest BCUT2D eigenvalue weighted by atomic mass is 10.0. The topological polar surface area (TPSA) is 165 Å². The van der Waals surface area contributed by atoms with Crippen LogP contribution in [0.5, 0.6) is 0 Å². The molecule has 2 heterocycles. The first-order valence-electron chi connectivity index (χ1n) is 14.3. The van der Waals surface area contributed by atoms with Gasteiger partial charge in [0.2, 0.25) is 23.1 Å². The van der Waals surface area contributed by atoms with E-state index >= 15 is 0 Å². The number of aromatic nitrogens is 4. The highest BCUT2D eigenvalue weighted by atomic mass is 19.1. The van der Waals surface area contributed by atoms with Gasteiger partial charge in [0.15, 0.2) is 20.1 Å². The van der Waals surface area contributed by atoms with Gasteiger partial charge in [-0.2, -0.15) is 0 Å². The fourth-order valence-corrected chi connectivity index (χ4v) is 4.34. The van der Waals surface area contributed by atoms with Crippen LogP contribution in [-0.4, -0.2) is 47.7 Å². The summed E-state index contributed by atoms with van der Waals surface area (Å²) >= 11 is 0. The number of benzene rings is 4. The molecular weight excluding hydrogens is 662 g/mol. The Kier molecular flexibility index (Phi) is 11.0. The number of carbonyl (C=O) groups is 4. The van der Waals surface area contributed by atoms with Crippen molar-refractivity contribution in [2.45, 2.75) is 0 Å². The summed E-state index contributed by atoms with van der Waals surface area (Å²) < 4.78 is 35.8. The van der Waals surface area contributed by atoms with Crippen LogP contribution in [0.4, 0.5) is 8.78 Å². The third-order valence-electron chi connectivity index (χ3n) is 6.66. The predicted octanol–water partition coefficient (Wildman–Crippen LogP) is 3.11. The maximum atomic E-state index is 13.1. The molecule has 6 aromatic rings. The van der Waals surface area contributed by atoms with E-state index in [0.717, 1.165) is 31.4 Å². The Morgan fingerprint density at radius 2 is 0.820 bits per heavy atom. The van der Waals surface area contributed by atoms with E-state index in [2.05, 4.69) is 25.1 Å². The van der Waals surface area contributed by atoms with E-state index in [1.807, 2.05) is 0 Å². The number of hydrogen-bond donors (Lipinski definition) is 0. The molecule has 0 radical (unpaired) electrons. The molecule has 0 bridgehead atoms. The molecule has 0 saturated heterocycles. The van der Waals surface area contributed by atoms with Crippen molar-refractivity contribution in [3.05, 3.63) is 166 Å². The van der Waals surface area contributed by atoms with Crippen LogP contribution in [-0.2, 0) is 9.78 Å². The maximum absolute atomic E-state index is 13.1. The highest BCUT2D eigenvalue weighted by molar-refractivity contribution is 6.17. The van der Waals surface area contributed by atoms with Crippen molar-refractivity contribution in [1.29, 1.82) is 0 Å². The van der Waals surface area contributed by atoms with Gasteiger partial charge < -0.3 is 0 Å². The SMILES string of the molecule is COO[n+]1onc(C(=O)c2ccc(F)cc2)c1C(=O)c1ccc(F)cc1.COO[n+]1onc(C(=O)c2ccccc2)c1C(=O)c1ccccc1. The highest BCUT2D eigenvalue weighted by Crippen LogP contribution is 2.17. The molecule has 0 saturated carbocycles. The zero-order valence-corrected chi connectivity index (χ0v) is 26.0. The second-order valence-corrected chi connectivity index (χ2v) is 9.80. The molecule has 0 N–H and O–H groups in total. The monoisotopic (exact) mass is 686 g/mol. The summed E-state index contributed by atoms with van der Waals surface area (Å²) in [5, 5.41) is 7.21. The summed E-state index contributed by atoms with van der Waals surface area (Å²) in [7, 11) is 2.40. The van der Waals surface area contributed by atoms with Gasteiger partial charge >= 0.3 is 22.8 Å². The Hall–Kier alpha value is -6.78. The van der Waals surface area contributed by atoms with Crippen LogP contribution < -0.4 is 19.8 Å². The molecule has 6 rings (SSSR count). The molecule has 4 aromatic carbocycles. The molecule has 0 aliphatic heterocycles. The van der Waals surface area contributed by atoms with Gasteiger partial charge in [0.25, 0.3) is 0 Å². The van der Waals surface area contributed by atoms with Gasteiger partial charge in [0.1, 0.15) is 11.6 Å². The van der Waals surface area contributed by atoms with Crippen molar-refractivity contribution in [1.82, 2.24) is 10.3 Å². The van der Waals surface area contributed by atoms with Crippen LogP contribution >= 0.6 is 0 Å². The quantitative estimate of drug-likeness (QED) is 0.105. The number of rotatable bonds is 12. The average Bonchev–Trinajstić information content (AvgIpc) is 3.77. The lowest BCUT2D eigenvalue weighted by Crippen LogP contribution is -2.46. The van der Waals surface area contributed by atoms with Crippen molar-refractivity contribution in [2.75, 3.05) is 14.2 Å². The third-order valence-corrected chi connectivity index (χ3v) is 6.66. The van der Waals surface area contributed by atoms with Gasteiger partial charge in [-0.3, -0.25) is 19.2 Å². The Labute approximate surface area is 280 Å². The number of ketones is 4. The first-order chi connectivity index (χ1) is 24.2. The van der Waals surface area contributed by atoms with Crippen molar-refractivity contribution < 1.29 is 66.8 Å². The van der Waals surface area contributed by atoms with Crippen LogP contribution in [0.25, 0.3) is 0 Å². The minimum atomic E-state index is -0.714. The standard InChI is InChI=1S/C17H11F2N2O5.C17H13N2O5/c1-24-26-21-15(17(23)11-4-8-13(19)9-5-11)14(20-25-21)16(22)10-2-6-12(18)7-3-10;1-22-24-19-15(17(21)13-10-6-3-7-11-13)14(18-23-19)16(20)12-8-4-2-5-9-12/h2-9H,1H3;2-11H,1H3/q2*+1. The fourth-order valence-electron chi connectivity index (χ4n) is 4.34. The Morgan fingerprint density at radius 1 is 0.500 bits per heavy atom. The van der Waals surface area contributed by atoms with E-state index in [4.69, 9.17) is 14.2 Å². The molecule has 0 unspecified atom stereocenters. The van der Waals surface area contributed by atoms with E-state index in [0.29, 0.717) is 20.9 Å². The largest absolute Gasteiger partial charge is 0.330 e. The molecule has 2 aromatic heterocycles. The van der Waals surface area contributed by atoms with E-state index in [1.54, 1.807) is 60.7 Å². The molecule has 0 spiro atoms. The molecule has 0 fully saturated rings. The molecular formula is C34H24F2N4O10+2. The van der Waals surface area contributed by atoms with Gasteiger partial charge in [0.05, 0.1) is 14.2 Å². The van der Waals surface area contributed by atoms with Gasteiger partial charge in [0, 0.05) is 22.3 Å². The van der Waals surface area contributed by atoms with Crippen molar-refractivity contribution >= 4 is 23.1 Å². The van der Waals surface area contributed by atoms with E-state index in [-0.39, 0.29) is 33.9 Å². The van der Waals surface area contributed by atoms with E-state index < -0.39 is 34.8 Å². The number of carbonyl (C=O) groups excluding carboxylic acids is 4. The Morgan fingerprint density at radius 3 is 1.18 bits per heavy atom. The first kappa shape index (κ1) is 34.6. The zero-order chi connectivity index (χ0) is 35.6. The van der Waals surface area contributed by atoms with Crippen molar-refractivity contribution in [2.24, 2.45) is 0 Å². The van der Waals surface area contributed by atoms with Crippen LogP contribution in [0, 0.1) is 11.6 Å². The molecule has 14 nitrogen and oxygen atoms in total. The second kappa shape index (κ2) is 15.9. The summed E-state index contributed by atoms with van der Waals surface area (Å²) in [6.45, 7) is 0. The van der Waals surface area contributed by atoms with Gasteiger partial charge in [-0.25, -0.2) is 8.78 Å². The number of nitrogens with zero attached hydrogens (tertiary/aromatic N) is 4. The highest BCUT2D eigenvalue weighted by Gasteiger charge is 2.40. The third kappa shape index (κ3) is 7.67. The fraction of sp³-hybridized carbons (Fsp3) is 0.0588. The zero-order valence-electron chi connectivity index (χ0n) is 26.0. The second-order valence-electron chi connectivity index (χ2n) is 9.80. The first-order valence-corrected chi connectivity index (χ1v) is 14.3. The normalized spacial score (nSPS) is 10.5. The summed E-state index contributed by atoms with van der Waals surface area (Å²) in [4.78, 5) is 70.3. The van der Waals surface area contributed by atoms with E-state index in [9.17, 15) is 28.0 Å². The van der Waals surface area contributed by atoms with Gasteiger partial charge in [-0.15, -0.1) is 19.8 Å². The molecule has 0 aliphatic carbocycles. The van der Waals surface area contributed by atoms with Crippen LogP contribution in [0.15, 0.2) is 118 Å². The van der Waals surface area contributed by atoms with Gasteiger partial charge in [-0.05, 0) is 57.8 Å². The van der Waals surface area contributed by atoms with Crippen LogP contribution in [0.3, 0.4) is 0 Å². The summed E-state index contributed by atoms with van der Waals surface area (Å²) in [5.41, 5.74) is -0.179. The molecule has 16 heteroatoms. The Balaban J connectivity index is 0.000000195. The van der Waals surface area contributed by atoms with Crippen molar-refractivity contribution in [3.63, 3.8) is 0 Å². The smallest absolute Gasteiger partial charge is 0.284 e. The van der Waals surface area contributed by atoms with Crippen molar-refractivity contribution in [3.8, 4) is 0 Å². The lowest BCUT2D eigenvalue weighted by molar-refractivity contribution is -1.07. The number of halogens is 2. The van der Waals surface area contributed by atoms with Crippen LogP contribution in [0.1, 0.15) is 64.2 Å². The predicted molar refractivity (Wildman–Crippen MR) is 160 cm³/mol. The molecule has 0 amide bonds. The minimum Gasteiger partial charge on any atom is -0.284 e. The lowest BCUT2D eigenvalue weighted by Gasteiger charge is -1.99. The molecule has 0 aliphatic rings. The summed E-state index contributed by atoms with van der Waals surface area (Å²) in [6.07, 6.45) is 0. The summed E-state index contributed by atoms with van der Waals surface area (Å²) in [6, 6.07) is 26.2. The summed E-state index contributed by atoms with van der Waals surface area (Å²) in [5.74, 6) is -3.41. The molecule has 50 heavy (non-hydrogen) atoms.